The normalized spacial score (nSPS) is 15.9. The van der Waals surface area contributed by atoms with Crippen LogP contribution in [-0.2, 0) is 18.3 Å². The number of imidazole rings is 1. The van der Waals surface area contributed by atoms with Gasteiger partial charge in [0.1, 0.15) is 16.9 Å². The molecule has 212 valence electrons. The number of para-hydroxylation sites is 1. The summed E-state index contributed by atoms with van der Waals surface area (Å²) in [6.07, 6.45) is 1.07. The number of carbonyl (C=O) groups is 2. The summed E-state index contributed by atoms with van der Waals surface area (Å²) in [6, 6.07) is 13.5. The molecule has 10 heteroatoms. The molecule has 0 bridgehead atoms. The number of amides is 2. The Morgan fingerprint density at radius 1 is 1.18 bits per heavy atom. The van der Waals surface area contributed by atoms with E-state index in [1.165, 1.54) is 0 Å². The molecule has 3 heterocycles. The van der Waals surface area contributed by atoms with Gasteiger partial charge in [-0.2, -0.15) is 0 Å². The Hall–Kier alpha value is -4.05. The number of fused-ring (bicyclic) bond motifs is 2. The zero-order valence-corrected chi connectivity index (χ0v) is 23.7. The Labute approximate surface area is 233 Å². The SMILES string of the molecule is COc1cc(C(=O)N2CCCC(NC(=O)OC(C)(C)C)C2)cc2nc(-c3cc4ccccc4n3CCO)n(C)c12. The summed E-state index contributed by atoms with van der Waals surface area (Å²) in [4.78, 5) is 32.6. The van der Waals surface area contributed by atoms with E-state index in [9.17, 15) is 14.7 Å². The molecular weight excluding hydrogens is 510 g/mol. The fraction of sp³-hybridized carbons (Fsp3) is 0.433. The number of nitrogens with one attached hydrogen (secondary N) is 1. The third-order valence-electron chi connectivity index (χ3n) is 7.19. The number of hydrogen-bond donors (Lipinski definition) is 2. The number of likely N-dealkylation sites (tertiary alicyclic amines) is 1. The predicted molar refractivity (Wildman–Crippen MR) is 154 cm³/mol. The van der Waals surface area contributed by atoms with Crippen LogP contribution in [0.4, 0.5) is 4.79 Å². The van der Waals surface area contributed by atoms with E-state index in [2.05, 4.69) is 16.0 Å². The van der Waals surface area contributed by atoms with E-state index in [0.29, 0.717) is 42.3 Å². The number of ether oxygens (including phenoxy) is 2. The first-order valence-electron chi connectivity index (χ1n) is 13.6. The van der Waals surface area contributed by atoms with Crippen molar-refractivity contribution in [3.63, 3.8) is 0 Å². The molecule has 0 aliphatic carbocycles. The Kier molecular flexibility index (Phi) is 7.46. The van der Waals surface area contributed by atoms with Crippen LogP contribution in [-0.4, -0.2) is 74.6 Å². The fourth-order valence-corrected chi connectivity index (χ4v) is 5.49. The lowest BCUT2D eigenvalue weighted by atomic mass is 10.0. The molecule has 10 nitrogen and oxygen atoms in total. The van der Waals surface area contributed by atoms with Crippen molar-refractivity contribution in [3.8, 4) is 17.3 Å². The number of aryl methyl sites for hydroxylation is 1. The van der Waals surface area contributed by atoms with Crippen molar-refractivity contribution in [2.75, 3.05) is 26.8 Å². The largest absolute Gasteiger partial charge is 0.494 e. The molecule has 40 heavy (non-hydrogen) atoms. The number of alkyl carbamates (subject to hydrolysis) is 1. The van der Waals surface area contributed by atoms with Crippen LogP contribution in [0.1, 0.15) is 44.0 Å². The first-order valence-corrected chi connectivity index (χ1v) is 13.6. The van der Waals surface area contributed by atoms with Gasteiger partial charge in [-0.25, -0.2) is 9.78 Å². The number of aliphatic hydroxyl groups is 1. The zero-order valence-electron chi connectivity index (χ0n) is 23.7. The number of hydrogen-bond acceptors (Lipinski definition) is 6. The van der Waals surface area contributed by atoms with Gasteiger partial charge < -0.3 is 33.9 Å². The third kappa shape index (κ3) is 5.36. The van der Waals surface area contributed by atoms with Gasteiger partial charge in [0.15, 0.2) is 5.82 Å². The van der Waals surface area contributed by atoms with E-state index in [1.54, 1.807) is 24.1 Å². The summed E-state index contributed by atoms with van der Waals surface area (Å²) in [5, 5.41) is 13.7. The van der Waals surface area contributed by atoms with Gasteiger partial charge >= 0.3 is 6.09 Å². The lowest BCUT2D eigenvalue weighted by molar-refractivity contribution is 0.0452. The molecule has 0 spiro atoms. The minimum atomic E-state index is -0.589. The van der Waals surface area contributed by atoms with Gasteiger partial charge in [0.2, 0.25) is 0 Å². The number of aromatic nitrogens is 3. The Morgan fingerprint density at radius 3 is 2.67 bits per heavy atom. The maximum atomic E-state index is 13.7. The predicted octanol–water partition coefficient (Wildman–Crippen LogP) is 4.33. The molecule has 5 rings (SSSR count). The van der Waals surface area contributed by atoms with Crippen LogP contribution in [0.5, 0.6) is 5.75 Å². The first kappa shape index (κ1) is 27.5. The minimum Gasteiger partial charge on any atom is -0.494 e. The van der Waals surface area contributed by atoms with Crippen LogP contribution in [0.25, 0.3) is 33.5 Å². The molecule has 2 aromatic heterocycles. The number of rotatable bonds is 6. The van der Waals surface area contributed by atoms with Gasteiger partial charge in [0, 0.05) is 49.2 Å². The maximum Gasteiger partial charge on any atom is 0.407 e. The van der Waals surface area contributed by atoms with Gasteiger partial charge in [-0.3, -0.25) is 4.79 Å². The highest BCUT2D eigenvalue weighted by molar-refractivity contribution is 6.00. The van der Waals surface area contributed by atoms with Gasteiger partial charge in [0.25, 0.3) is 5.91 Å². The molecule has 4 aromatic rings. The second-order valence-electron chi connectivity index (χ2n) is 11.2. The molecule has 2 N–H and O–H groups in total. The number of nitrogens with zero attached hydrogens (tertiary/aromatic N) is 4. The second kappa shape index (κ2) is 10.8. The standard InChI is InChI=1S/C30H37N5O5/c1-30(2,3)40-29(38)31-21-10-8-12-34(18-21)28(37)20-15-22-26(25(17-20)39-5)33(4)27(32-22)24-16-19-9-6-7-11-23(19)35(24)13-14-36/h6-7,9,11,15-17,21,36H,8,10,12-14,18H2,1-5H3,(H,31,38). The van der Waals surface area contributed by atoms with Gasteiger partial charge in [-0.1, -0.05) is 18.2 Å². The van der Waals surface area contributed by atoms with Crippen LogP contribution < -0.4 is 10.1 Å². The molecule has 1 unspecified atom stereocenters. The van der Waals surface area contributed by atoms with Gasteiger partial charge in [-0.05, 0) is 57.9 Å². The summed E-state index contributed by atoms with van der Waals surface area (Å²) in [6.45, 7) is 6.89. The van der Waals surface area contributed by atoms with E-state index in [4.69, 9.17) is 14.5 Å². The summed E-state index contributed by atoms with van der Waals surface area (Å²) >= 11 is 0. The van der Waals surface area contributed by atoms with Crippen molar-refractivity contribution < 1.29 is 24.2 Å². The second-order valence-corrected chi connectivity index (χ2v) is 11.2. The van der Waals surface area contributed by atoms with Crippen LogP contribution in [0.3, 0.4) is 0 Å². The highest BCUT2D eigenvalue weighted by Gasteiger charge is 2.28. The van der Waals surface area contributed by atoms with Crippen molar-refractivity contribution >= 4 is 33.9 Å². The smallest absolute Gasteiger partial charge is 0.407 e. The summed E-state index contributed by atoms with van der Waals surface area (Å²) < 4.78 is 15.2. The van der Waals surface area contributed by atoms with Gasteiger partial charge in [-0.15, -0.1) is 0 Å². The first-order chi connectivity index (χ1) is 19.1. The quantitative estimate of drug-likeness (QED) is 0.372. The molecule has 2 amide bonds. The number of piperidine rings is 1. The van der Waals surface area contributed by atoms with Crippen LogP contribution in [0, 0.1) is 0 Å². The van der Waals surface area contributed by atoms with E-state index in [0.717, 1.165) is 35.0 Å². The average Bonchev–Trinajstić information content (AvgIpc) is 3.44. The van der Waals surface area contributed by atoms with Crippen molar-refractivity contribution in [3.05, 3.63) is 48.0 Å². The van der Waals surface area contributed by atoms with Crippen molar-refractivity contribution in [2.45, 2.75) is 51.8 Å². The number of carbonyl (C=O) groups excluding carboxylic acids is 2. The van der Waals surface area contributed by atoms with Crippen LogP contribution >= 0.6 is 0 Å². The Bertz CT molecular complexity index is 1560. The highest BCUT2D eigenvalue weighted by atomic mass is 16.6. The lowest BCUT2D eigenvalue weighted by Crippen LogP contribution is -2.50. The van der Waals surface area contributed by atoms with Crippen molar-refractivity contribution in [2.24, 2.45) is 7.05 Å². The number of benzene rings is 2. The molecule has 0 saturated carbocycles. The monoisotopic (exact) mass is 547 g/mol. The molecule has 1 aliphatic heterocycles. The van der Waals surface area contributed by atoms with Crippen molar-refractivity contribution in [1.82, 2.24) is 24.3 Å². The third-order valence-corrected chi connectivity index (χ3v) is 7.19. The summed E-state index contributed by atoms with van der Waals surface area (Å²) in [5.41, 5.74) is 3.19. The summed E-state index contributed by atoms with van der Waals surface area (Å²) in [7, 11) is 3.51. The molecule has 1 aliphatic rings. The molecule has 2 aromatic carbocycles. The highest BCUT2D eigenvalue weighted by Crippen LogP contribution is 2.34. The zero-order chi connectivity index (χ0) is 28.6. The van der Waals surface area contributed by atoms with E-state index in [-0.39, 0.29) is 18.6 Å². The van der Waals surface area contributed by atoms with E-state index < -0.39 is 11.7 Å². The molecule has 1 atom stereocenters. The Morgan fingerprint density at radius 2 is 1.95 bits per heavy atom. The molecule has 0 radical (unpaired) electrons. The number of methoxy groups -OCH3 is 1. The summed E-state index contributed by atoms with van der Waals surface area (Å²) in [5.74, 6) is 1.12. The maximum absolute atomic E-state index is 13.7. The van der Waals surface area contributed by atoms with Crippen LogP contribution in [0.15, 0.2) is 42.5 Å². The van der Waals surface area contributed by atoms with Gasteiger partial charge in [0.05, 0.1) is 24.9 Å². The molecule has 1 fully saturated rings. The topological polar surface area (TPSA) is 111 Å². The fourth-order valence-electron chi connectivity index (χ4n) is 5.49. The Balaban J connectivity index is 1.46. The lowest BCUT2D eigenvalue weighted by Gasteiger charge is -2.33. The number of aliphatic hydroxyl groups excluding tert-OH is 1. The minimum absolute atomic E-state index is 0.00278. The average molecular weight is 548 g/mol. The molecular formula is C30H37N5O5. The molecule has 1 saturated heterocycles. The van der Waals surface area contributed by atoms with E-state index in [1.807, 2.05) is 56.7 Å². The van der Waals surface area contributed by atoms with Crippen molar-refractivity contribution in [1.29, 1.82) is 0 Å². The van der Waals surface area contributed by atoms with Crippen LogP contribution in [0.2, 0.25) is 0 Å². The van der Waals surface area contributed by atoms with E-state index >= 15 is 0 Å².